The molecule has 14 heteroatoms. The lowest BCUT2D eigenvalue weighted by Crippen LogP contribution is -2.42. The minimum absolute atomic E-state index is 0.0332. The first-order valence-corrected chi connectivity index (χ1v) is 22.0. The number of hydrogen-bond donors (Lipinski definition) is 1. The number of para-hydroxylation sites is 4. The molecular formula is C49H52N8O6. The number of imide groups is 2. The molecule has 2 aromatic heterocycles. The number of benzene rings is 4. The van der Waals surface area contributed by atoms with Gasteiger partial charge in [0.2, 0.25) is 0 Å². The number of rotatable bonds is 8. The Kier molecular flexibility index (Phi) is 11.4. The van der Waals surface area contributed by atoms with E-state index < -0.39 is 5.60 Å². The first kappa shape index (κ1) is 41.7. The third-order valence-corrected chi connectivity index (χ3v) is 12.3. The molecule has 0 saturated carbocycles. The van der Waals surface area contributed by atoms with Crippen molar-refractivity contribution in [1.82, 2.24) is 39.1 Å². The Balaban J connectivity index is 0.000000164. The van der Waals surface area contributed by atoms with Crippen LogP contribution >= 0.6 is 0 Å². The van der Waals surface area contributed by atoms with Crippen molar-refractivity contribution in [2.24, 2.45) is 0 Å². The summed E-state index contributed by atoms with van der Waals surface area (Å²) in [6.45, 7) is 10.3. The van der Waals surface area contributed by atoms with E-state index in [2.05, 4.69) is 20.5 Å². The Morgan fingerprint density at radius 3 is 1.52 bits per heavy atom. The predicted octanol–water partition coefficient (Wildman–Crippen LogP) is 7.25. The molecule has 5 amide bonds. The van der Waals surface area contributed by atoms with Gasteiger partial charge in [-0.05, 0) is 102 Å². The molecule has 0 aliphatic carbocycles. The maximum Gasteiger partial charge on any atom is 0.410 e. The zero-order valence-corrected chi connectivity index (χ0v) is 36.0. The smallest absolute Gasteiger partial charge is 0.410 e. The van der Waals surface area contributed by atoms with Crippen molar-refractivity contribution in [2.75, 3.05) is 39.3 Å². The highest BCUT2D eigenvalue weighted by molar-refractivity contribution is 6.22. The second-order valence-corrected chi connectivity index (χ2v) is 17.6. The fraction of sp³-hybridized carbons (Fsp3) is 0.367. The van der Waals surface area contributed by atoms with Crippen molar-refractivity contribution in [3.8, 4) is 0 Å². The van der Waals surface area contributed by atoms with Gasteiger partial charge in [-0.15, -0.1) is 0 Å². The van der Waals surface area contributed by atoms with Gasteiger partial charge in [-0.25, -0.2) is 14.8 Å². The molecule has 6 heterocycles. The molecule has 2 unspecified atom stereocenters. The summed E-state index contributed by atoms with van der Waals surface area (Å²) in [7, 11) is 0. The van der Waals surface area contributed by atoms with Crippen LogP contribution in [0.25, 0.3) is 22.1 Å². The number of hydrogen-bond acceptors (Lipinski definition) is 9. The van der Waals surface area contributed by atoms with Gasteiger partial charge in [0.05, 0.1) is 44.3 Å². The maximum absolute atomic E-state index is 12.9. The predicted molar refractivity (Wildman–Crippen MR) is 238 cm³/mol. The molecule has 4 aromatic carbocycles. The number of amides is 5. The van der Waals surface area contributed by atoms with Crippen molar-refractivity contribution in [3.05, 3.63) is 131 Å². The van der Waals surface area contributed by atoms with E-state index in [-0.39, 0.29) is 42.2 Å². The van der Waals surface area contributed by atoms with E-state index in [1.165, 1.54) is 9.80 Å². The zero-order valence-electron chi connectivity index (χ0n) is 36.0. The first-order valence-electron chi connectivity index (χ1n) is 22.0. The lowest BCUT2D eigenvalue weighted by Gasteiger charge is -2.34. The molecule has 0 bridgehead atoms. The van der Waals surface area contributed by atoms with E-state index in [4.69, 9.17) is 14.7 Å². The highest BCUT2D eigenvalue weighted by Crippen LogP contribution is 2.32. The van der Waals surface area contributed by atoms with Crippen molar-refractivity contribution in [2.45, 2.75) is 77.0 Å². The fourth-order valence-electron chi connectivity index (χ4n) is 9.32. The topological polar surface area (TPSA) is 152 Å². The van der Waals surface area contributed by atoms with E-state index in [9.17, 15) is 24.0 Å². The number of carbonyl (C=O) groups excluding carboxylic acids is 5. The standard InChI is InChI=1S/C27H30N4O4.C22H22N4O2/c1-27(2,3)35-26(34)29-14-8-9-18(17-29)23-28-21-12-6-7-13-22(21)30(23)15-16-31-24(32)19-10-4-5-11-20(19)25(31)33;27-21-16-7-1-2-8-17(16)22(28)26(21)13-12-25-19-10-4-3-9-18(19)24-20(25)15-6-5-11-23-14-15/h4-7,10-13,18H,8-9,14-17H2,1-3H3;1-4,7-10,15,23H,5-6,11-14H2. The van der Waals surface area contributed by atoms with Gasteiger partial charge in [-0.2, -0.15) is 0 Å². The number of likely N-dealkylation sites (tertiary alicyclic amines) is 1. The molecule has 63 heavy (non-hydrogen) atoms. The molecule has 4 aliphatic heterocycles. The van der Waals surface area contributed by atoms with Gasteiger partial charge in [0.15, 0.2) is 0 Å². The Hall–Kier alpha value is -6.67. The summed E-state index contributed by atoms with van der Waals surface area (Å²) >= 11 is 0. The number of ether oxygens (including phenoxy) is 1. The maximum atomic E-state index is 12.9. The Morgan fingerprint density at radius 1 is 0.619 bits per heavy atom. The minimum atomic E-state index is -0.552. The van der Waals surface area contributed by atoms with Gasteiger partial charge < -0.3 is 24.1 Å². The number of fused-ring (bicyclic) bond motifs is 4. The van der Waals surface area contributed by atoms with Crippen molar-refractivity contribution in [3.63, 3.8) is 0 Å². The molecule has 14 nitrogen and oxygen atoms in total. The van der Waals surface area contributed by atoms with Crippen molar-refractivity contribution in [1.29, 1.82) is 0 Å². The average molecular weight is 849 g/mol. The lowest BCUT2D eigenvalue weighted by atomic mass is 9.97. The van der Waals surface area contributed by atoms with Crippen LogP contribution in [0, 0.1) is 0 Å². The largest absolute Gasteiger partial charge is 0.444 e. The van der Waals surface area contributed by atoms with Gasteiger partial charge in [-0.1, -0.05) is 48.5 Å². The van der Waals surface area contributed by atoms with Gasteiger partial charge in [0, 0.05) is 57.6 Å². The van der Waals surface area contributed by atoms with Gasteiger partial charge >= 0.3 is 6.09 Å². The summed E-state index contributed by atoms with van der Waals surface area (Å²) in [6.07, 6.45) is 3.67. The molecule has 2 atom stereocenters. The van der Waals surface area contributed by atoms with Gasteiger partial charge in [0.1, 0.15) is 17.2 Å². The van der Waals surface area contributed by atoms with Crippen LogP contribution in [-0.4, -0.2) is 108 Å². The zero-order chi connectivity index (χ0) is 43.8. The summed E-state index contributed by atoms with van der Waals surface area (Å²) in [5.41, 5.74) is 5.18. The number of imidazole rings is 2. The molecule has 0 radical (unpaired) electrons. The molecule has 0 spiro atoms. The third-order valence-electron chi connectivity index (χ3n) is 12.3. The number of piperidine rings is 2. The Labute approximate surface area is 365 Å². The second-order valence-electron chi connectivity index (χ2n) is 17.6. The Morgan fingerprint density at radius 2 is 1.06 bits per heavy atom. The van der Waals surface area contributed by atoms with E-state index >= 15 is 0 Å². The molecule has 2 saturated heterocycles. The number of carbonyl (C=O) groups is 5. The summed E-state index contributed by atoms with van der Waals surface area (Å²) in [4.78, 5) is 78.1. The quantitative estimate of drug-likeness (QED) is 0.156. The van der Waals surface area contributed by atoms with E-state index in [1.54, 1.807) is 53.4 Å². The SMILES string of the molecule is CC(C)(C)OC(=O)N1CCCC(c2nc3ccccc3n2CCN2C(=O)c3ccccc3C2=O)C1.O=C1c2ccccc2C(=O)N1CCn1c(C2CCCNC2)nc2ccccc21. The molecule has 324 valence electrons. The minimum Gasteiger partial charge on any atom is -0.444 e. The summed E-state index contributed by atoms with van der Waals surface area (Å²) in [6, 6.07) is 29.9. The van der Waals surface area contributed by atoms with Crippen LogP contribution in [0.15, 0.2) is 97.1 Å². The van der Waals surface area contributed by atoms with E-state index in [0.717, 1.165) is 72.5 Å². The Bertz CT molecular complexity index is 2670. The summed E-state index contributed by atoms with van der Waals surface area (Å²) in [5, 5.41) is 3.46. The summed E-state index contributed by atoms with van der Waals surface area (Å²) in [5.74, 6) is 1.38. The van der Waals surface area contributed by atoms with Crippen molar-refractivity contribution < 1.29 is 28.7 Å². The molecule has 10 rings (SSSR count). The number of nitrogens with zero attached hydrogens (tertiary/aromatic N) is 7. The van der Waals surface area contributed by atoms with Crippen LogP contribution in [0.4, 0.5) is 4.79 Å². The van der Waals surface area contributed by atoms with E-state index in [0.29, 0.717) is 60.9 Å². The molecule has 4 aliphatic rings. The molecule has 6 aromatic rings. The fourth-order valence-corrected chi connectivity index (χ4v) is 9.32. The van der Waals surface area contributed by atoms with Gasteiger partial charge in [-0.3, -0.25) is 29.0 Å². The summed E-state index contributed by atoms with van der Waals surface area (Å²) < 4.78 is 9.89. The lowest BCUT2D eigenvalue weighted by molar-refractivity contribution is 0.0194. The monoisotopic (exact) mass is 848 g/mol. The van der Waals surface area contributed by atoms with Gasteiger partial charge in [0.25, 0.3) is 23.6 Å². The number of nitrogens with one attached hydrogen (secondary N) is 1. The van der Waals surface area contributed by atoms with Crippen LogP contribution in [0.3, 0.4) is 0 Å². The van der Waals surface area contributed by atoms with Crippen molar-refractivity contribution >= 4 is 51.8 Å². The van der Waals surface area contributed by atoms with Crippen LogP contribution in [0.1, 0.15) is 111 Å². The molecule has 1 N–H and O–H groups in total. The van der Waals surface area contributed by atoms with Crippen LogP contribution in [0.5, 0.6) is 0 Å². The highest BCUT2D eigenvalue weighted by Gasteiger charge is 2.37. The highest BCUT2D eigenvalue weighted by atomic mass is 16.6. The average Bonchev–Trinajstić information content (AvgIpc) is 4.00. The second kappa shape index (κ2) is 17.2. The van der Waals surface area contributed by atoms with Crippen LogP contribution < -0.4 is 5.32 Å². The van der Waals surface area contributed by atoms with E-state index in [1.807, 2.05) is 63.2 Å². The molecular weight excluding hydrogens is 797 g/mol. The normalized spacial score (nSPS) is 18.8. The first-order chi connectivity index (χ1) is 30.5. The number of aromatic nitrogens is 4. The molecule has 2 fully saturated rings. The van der Waals surface area contributed by atoms with Crippen LogP contribution in [-0.2, 0) is 17.8 Å². The third kappa shape index (κ3) is 8.22. The van der Waals surface area contributed by atoms with Crippen LogP contribution in [0.2, 0.25) is 0 Å².